The molecule has 2 nitrogen and oxygen atoms in total. The summed E-state index contributed by atoms with van der Waals surface area (Å²) in [4.78, 5) is 0. The molecule has 0 saturated carbocycles. The van der Waals surface area contributed by atoms with Crippen molar-refractivity contribution < 1.29 is 9.52 Å². The first-order chi connectivity index (χ1) is 8.49. The summed E-state index contributed by atoms with van der Waals surface area (Å²) in [6, 6.07) is 7.16. The first-order valence-corrected chi connectivity index (χ1v) is 6.42. The summed E-state index contributed by atoms with van der Waals surface area (Å²) in [5, 5.41) is 11.4. The number of benzene rings is 1. The zero-order chi connectivity index (χ0) is 13.3. The molecule has 0 bridgehead atoms. The average Bonchev–Trinajstić information content (AvgIpc) is 2.63. The van der Waals surface area contributed by atoms with Crippen molar-refractivity contribution in [2.24, 2.45) is 0 Å². The molecule has 1 heterocycles. The van der Waals surface area contributed by atoms with E-state index in [1.807, 2.05) is 19.9 Å². The molecule has 1 unspecified atom stereocenters. The number of hydrogen-bond acceptors (Lipinski definition) is 2. The molecule has 0 radical (unpaired) electrons. The van der Waals surface area contributed by atoms with Crippen molar-refractivity contribution >= 4 is 23.2 Å². The fourth-order valence-corrected chi connectivity index (χ4v) is 2.56. The van der Waals surface area contributed by atoms with Crippen molar-refractivity contribution in [1.29, 1.82) is 0 Å². The number of hydrogen-bond donors (Lipinski definition) is 1. The fourth-order valence-electron chi connectivity index (χ4n) is 2.01. The summed E-state index contributed by atoms with van der Waals surface area (Å²) in [5.74, 6) is 1.51. The third-order valence-corrected chi connectivity index (χ3v) is 3.61. The second kappa shape index (κ2) is 5.35. The maximum absolute atomic E-state index is 10.2. The minimum atomic E-state index is -0.667. The van der Waals surface area contributed by atoms with Gasteiger partial charge in [-0.25, -0.2) is 0 Å². The summed E-state index contributed by atoms with van der Waals surface area (Å²) in [6.07, 6.45) is -0.293. The molecular weight excluding hydrogens is 271 g/mol. The number of aryl methyl sites for hydroxylation is 2. The lowest BCUT2D eigenvalue weighted by atomic mass is 10.0. The van der Waals surface area contributed by atoms with Crippen LogP contribution in [0.5, 0.6) is 0 Å². The van der Waals surface area contributed by atoms with Crippen LogP contribution in [0, 0.1) is 13.8 Å². The molecule has 18 heavy (non-hydrogen) atoms. The highest BCUT2D eigenvalue weighted by Gasteiger charge is 2.17. The van der Waals surface area contributed by atoms with Gasteiger partial charge in [0.15, 0.2) is 0 Å². The molecule has 1 aromatic carbocycles. The van der Waals surface area contributed by atoms with E-state index in [0.717, 1.165) is 22.6 Å². The largest absolute Gasteiger partial charge is 0.466 e. The highest BCUT2D eigenvalue weighted by Crippen LogP contribution is 2.31. The smallest absolute Gasteiger partial charge is 0.106 e. The zero-order valence-corrected chi connectivity index (χ0v) is 11.7. The Morgan fingerprint density at radius 1 is 1.22 bits per heavy atom. The summed E-state index contributed by atoms with van der Waals surface area (Å²) >= 11 is 12.2. The Morgan fingerprint density at radius 3 is 2.33 bits per heavy atom. The van der Waals surface area contributed by atoms with E-state index in [0.29, 0.717) is 16.5 Å². The third-order valence-electron chi connectivity index (χ3n) is 2.90. The summed E-state index contributed by atoms with van der Waals surface area (Å²) < 4.78 is 5.41. The van der Waals surface area contributed by atoms with Crippen molar-refractivity contribution in [3.8, 4) is 0 Å². The van der Waals surface area contributed by atoms with Gasteiger partial charge in [-0.15, -0.1) is 0 Å². The van der Waals surface area contributed by atoms with Gasteiger partial charge in [0.1, 0.15) is 11.5 Å². The van der Waals surface area contributed by atoms with Crippen LogP contribution in [0.3, 0.4) is 0 Å². The Bertz CT molecular complexity index is 541. The highest BCUT2D eigenvalue weighted by molar-refractivity contribution is 6.35. The van der Waals surface area contributed by atoms with E-state index < -0.39 is 6.10 Å². The maximum atomic E-state index is 10.2. The Hall–Kier alpha value is -0.960. The molecule has 0 aliphatic rings. The summed E-state index contributed by atoms with van der Waals surface area (Å²) in [6.45, 7) is 3.69. The number of rotatable bonds is 3. The molecule has 0 saturated heterocycles. The van der Waals surface area contributed by atoms with Gasteiger partial charge >= 0.3 is 0 Å². The van der Waals surface area contributed by atoms with Gasteiger partial charge in [0.25, 0.3) is 0 Å². The fraction of sp³-hybridized carbons (Fsp3) is 0.286. The van der Waals surface area contributed by atoms with Crippen molar-refractivity contribution in [2.45, 2.75) is 26.4 Å². The van der Waals surface area contributed by atoms with Gasteiger partial charge in [-0.05, 0) is 37.6 Å². The third kappa shape index (κ3) is 2.72. The normalized spacial score (nSPS) is 12.7. The van der Waals surface area contributed by atoms with Gasteiger partial charge in [-0.1, -0.05) is 29.3 Å². The van der Waals surface area contributed by atoms with Gasteiger partial charge in [0.05, 0.1) is 6.10 Å². The lowest BCUT2D eigenvalue weighted by molar-refractivity contribution is 0.176. The van der Waals surface area contributed by atoms with E-state index >= 15 is 0 Å². The molecule has 1 N–H and O–H groups in total. The Kier molecular flexibility index (Phi) is 4.00. The average molecular weight is 285 g/mol. The minimum Gasteiger partial charge on any atom is -0.466 e. The second-order valence-corrected chi connectivity index (χ2v) is 5.10. The van der Waals surface area contributed by atoms with Crippen molar-refractivity contribution in [3.63, 3.8) is 0 Å². The molecule has 0 aliphatic carbocycles. The Balaban J connectivity index is 2.26. The Morgan fingerprint density at radius 2 is 1.83 bits per heavy atom. The van der Waals surface area contributed by atoms with Crippen LogP contribution in [0.15, 0.2) is 28.7 Å². The van der Waals surface area contributed by atoms with Crippen LogP contribution in [0.4, 0.5) is 0 Å². The first kappa shape index (κ1) is 13.5. The summed E-state index contributed by atoms with van der Waals surface area (Å²) in [7, 11) is 0. The van der Waals surface area contributed by atoms with Crippen LogP contribution in [-0.4, -0.2) is 5.11 Å². The van der Waals surface area contributed by atoms with Crippen LogP contribution in [0.1, 0.15) is 28.8 Å². The monoisotopic (exact) mass is 284 g/mol. The Labute approximate surface area is 116 Å². The van der Waals surface area contributed by atoms with Crippen molar-refractivity contribution in [2.75, 3.05) is 0 Å². The SMILES string of the molecule is Cc1cc(C(O)Cc2c(Cl)cccc2Cl)c(C)o1. The van der Waals surface area contributed by atoms with Crippen LogP contribution in [-0.2, 0) is 6.42 Å². The number of furan rings is 1. The van der Waals surface area contributed by atoms with Crippen LogP contribution >= 0.6 is 23.2 Å². The van der Waals surface area contributed by atoms with Gasteiger partial charge < -0.3 is 9.52 Å². The second-order valence-electron chi connectivity index (χ2n) is 4.29. The topological polar surface area (TPSA) is 33.4 Å². The number of aliphatic hydroxyl groups excluding tert-OH is 1. The lowest BCUT2D eigenvalue weighted by Crippen LogP contribution is -2.03. The van der Waals surface area contributed by atoms with Crippen LogP contribution in [0.25, 0.3) is 0 Å². The summed E-state index contributed by atoms with van der Waals surface area (Å²) in [5.41, 5.74) is 1.54. The van der Waals surface area contributed by atoms with Crippen molar-refractivity contribution in [1.82, 2.24) is 0 Å². The van der Waals surface area contributed by atoms with E-state index in [1.165, 1.54) is 0 Å². The highest BCUT2D eigenvalue weighted by atomic mass is 35.5. The van der Waals surface area contributed by atoms with Crippen LogP contribution in [0.2, 0.25) is 10.0 Å². The predicted octanol–water partition coefficient (Wildman–Crippen LogP) is 4.48. The number of halogens is 2. The van der Waals surface area contributed by atoms with E-state index in [9.17, 15) is 5.11 Å². The quantitative estimate of drug-likeness (QED) is 0.902. The molecule has 96 valence electrons. The van der Waals surface area contributed by atoms with E-state index in [4.69, 9.17) is 27.6 Å². The number of aliphatic hydroxyl groups is 1. The van der Waals surface area contributed by atoms with Gasteiger partial charge in [-0.3, -0.25) is 0 Å². The predicted molar refractivity (Wildman–Crippen MR) is 73.3 cm³/mol. The lowest BCUT2D eigenvalue weighted by Gasteiger charge is -2.12. The molecule has 1 aromatic heterocycles. The molecule has 1 atom stereocenters. The van der Waals surface area contributed by atoms with E-state index in [-0.39, 0.29) is 0 Å². The van der Waals surface area contributed by atoms with E-state index in [1.54, 1.807) is 18.2 Å². The van der Waals surface area contributed by atoms with Crippen LogP contribution < -0.4 is 0 Å². The van der Waals surface area contributed by atoms with Gasteiger partial charge in [0.2, 0.25) is 0 Å². The minimum absolute atomic E-state index is 0.373. The first-order valence-electron chi connectivity index (χ1n) is 5.67. The standard InChI is InChI=1S/C14H14Cl2O2/c1-8-6-10(9(2)18-8)14(17)7-11-12(15)4-3-5-13(11)16/h3-6,14,17H,7H2,1-2H3. The molecular formula is C14H14Cl2O2. The molecule has 2 rings (SSSR count). The van der Waals surface area contributed by atoms with Gasteiger partial charge in [0, 0.05) is 22.0 Å². The molecule has 4 heteroatoms. The molecule has 0 amide bonds. The zero-order valence-electron chi connectivity index (χ0n) is 10.2. The molecule has 0 spiro atoms. The van der Waals surface area contributed by atoms with E-state index in [2.05, 4.69) is 0 Å². The van der Waals surface area contributed by atoms with Gasteiger partial charge in [-0.2, -0.15) is 0 Å². The molecule has 0 aliphatic heterocycles. The molecule has 2 aromatic rings. The maximum Gasteiger partial charge on any atom is 0.106 e. The molecule has 0 fully saturated rings. The van der Waals surface area contributed by atoms with Crippen molar-refractivity contribution in [3.05, 3.63) is 57.0 Å².